The molecule has 1 aromatic rings. The van der Waals surface area contributed by atoms with Crippen LogP contribution in [-0.2, 0) is 22.3 Å². The van der Waals surface area contributed by atoms with Crippen molar-refractivity contribution in [3.8, 4) is 0 Å². The lowest BCUT2D eigenvalue weighted by molar-refractivity contribution is 0.0661. The van der Waals surface area contributed by atoms with Crippen LogP contribution in [0.5, 0.6) is 0 Å². The van der Waals surface area contributed by atoms with Gasteiger partial charge in [-0.05, 0) is 31.5 Å². The molecular weight excluding hydrogens is 240 g/mol. The Morgan fingerprint density at radius 3 is 2.68 bits per heavy atom. The molecule has 19 heavy (non-hydrogen) atoms. The number of hydrogen-bond donors (Lipinski definition) is 1. The lowest BCUT2D eigenvalue weighted by Crippen LogP contribution is -2.29. The van der Waals surface area contributed by atoms with Gasteiger partial charge in [-0.15, -0.1) is 0 Å². The van der Waals surface area contributed by atoms with Gasteiger partial charge < -0.3 is 14.8 Å². The molecule has 1 atom stereocenters. The predicted octanol–water partition coefficient (Wildman–Crippen LogP) is 1.83. The minimum atomic E-state index is 0.405. The van der Waals surface area contributed by atoms with Crippen molar-refractivity contribution in [1.82, 2.24) is 10.3 Å². The van der Waals surface area contributed by atoms with E-state index in [4.69, 9.17) is 9.47 Å². The Labute approximate surface area is 116 Å². The van der Waals surface area contributed by atoms with Gasteiger partial charge in [0.1, 0.15) is 0 Å². The van der Waals surface area contributed by atoms with Crippen LogP contribution in [0.25, 0.3) is 0 Å². The third kappa shape index (κ3) is 6.66. The largest absolute Gasteiger partial charge is 0.382 e. The van der Waals surface area contributed by atoms with Crippen LogP contribution in [-0.4, -0.2) is 45.0 Å². The summed E-state index contributed by atoms with van der Waals surface area (Å²) in [6.45, 7) is 4.22. The zero-order chi connectivity index (χ0) is 13.9. The molecule has 0 aliphatic rings. The highest BCUT2D eigenvalue weighted by molar-refractivity contribution is 5.14. The third-order valence-corrected chi connectivity index (χ3v) is 3.20. The van der Waals surface area contributed by atoms with Gasteiger partial charge in [-0.2, -0.15) is 0 Å². The summed E-state index contributed by atoms with van der Waals surface area (Å²) in [6.07, 6.45) is 4.93. The Bertz CT molecular complexity index is 327. The van der Waals surface area contributed by atoms with Crippen molar-refractivity contribution in [2.24, 2.45) is 0 Å². The number of methoxy groups -OCH3 is 1. The summed E-state index contributed by atoms with van der Waals surface area (Å²) >= 11 is 0. The maximum atomic E-state index is 5.50. The van der Waals surface area contributed by atoms with Crippen LogP contribution < -0.4 is 5.32 Å². The quantitative estimate of drug-likeness (QED) is 0.656. The number of likely N-dealkylation sites (N-methyl/N-ethyl adjacent to an activating group) is 1. The van der Waals surface area contributed by atoms with Gasteiger partial charge in [0.15, 0.2) is 0 Å². The van der Waals surface area contributed by atoms with Gasteiger partial charge in [-0.25, -0.2) is 0 Å². The van der Waals surface area contributed by atoms with Crippen LogP contribution in [0.15, 0.2) is 18.3 Å². The fourth-order valence-electron chi connectivity index (χ4n) is 1.86. The van der Waals surface area contributed by atoms with E-state index < -0.39 is 0 Å². The second kappa shape index (κ2) is 9.89. The molecule has 1 heterocycles. The lowest BCUT2D eigenvalue weighted by atomic mass is 10.1. The van der Waals surface area contributed by atoms with Gasteiger partial charge in [0.2, 0.25) is 0 Å². The molecule has 1 rings (SSSR count). The van der Waals surface area contributed by atoms with Crippen LogP contribution in [0.3, 0.4) is 0 Å². The molecule has 108 valence electrons. The van der Waals surface area contributed by atoms with E-state index >= 15 is 0 Å². The van der Waals surface area contributed by atoms with E-state index in [1.54, 1.807) is 7.11 Å². The summed E-state index contributed by atoms with van der Waals surface area (Å²) in [5.41, 5.74) is 2.42. The molecule has 1 N–H and O–H groups in total. The van der Waals surface area contributed by atoms with Crippen LogP contribution in [0, 0.1) is 0 Å². The standard InChI is InChI=1S/C15H26N2O2/c1-4-13-5-6-15(17-12-13)11-14(16-2)7-8-19-10-9-18-3/h5-6,12,14,16H,4,7-11H2,1-3H3. The smallest absolute Gasteiger partial charge is 0.0700 e. The summed E-state index contributed by atoms with van der Waals surface area (Å²) in [5, 5.41) is 3.32. The molecule has 0 saturated heterocycles. The molecule has 0 spiro atoms. The number of nitrogens with zero attached hydrogens (tertiary/aromatic N) is 1. The lowest BCUT2D eigenvalue weighted by Gasteiger charge is -2.16. The molecule has 0 aromatic carbocycles. The molecular formula is C15H26N2O2. The second-order valence-electron chi connectivity index (χ2n) is 4.59. The Morgan fingerprint density at radius 1 is 1.26 bits per heavy atom. The Kier molecular flexibility index (Phi) is 8.38. The highest BCUT2D eigenvalue weighted by atomic mass is 16.5. The fraction of sp³-hybridized carbons (Fsp3) is 0.667. The molecule has 0 amide bonds. The van der Waals surface area contributed by atoms with Crippen molar-refractivity contribution >= 4 is 0 Å². The summed E-state index contributed by atoms with van der Waals surface area (Å²) < 4.78 is 10.4. The van der Waals surface area contributed by atoms with E-state index in [1.165, 1.54) is 5.56 Å². The van der Waals surface area contributed by atoms with Crippen LogP contribution in [0.1, 0.15) is 24.6 Å². The van der Waals surface area contributed by atoms with E-state index in [1.807, 2.05) is 13.2 Å². The van der Waals surface area contributed by atoms with Crippen molar-refractivity contribution in [2.75, 3.05) is 34.0 Å². The van der Waals surface area contributed by atoms with Crippen molar-refractivity contribution in [1.29, 1.82) is 0 Å². The Hall–Kier alpha value is -0.970. The van der Waals surface area contributed by atoms with Gasteiger partial charge in [-0.3, -0.25) is 4.98 Å². The molecule has 0 fully saturated rings. The molecule has 0 aliphatic carbocycles. The number of hydrogen-bond acceptors (Lipinski definition) is 4. The van der Waals surface area contributed by atoms with Crippen molar-refractivity contribution in [2.45, 2.75) is 32.2 Å². The van der Waals surface area contributed by atoms with Crippen molar-refractivity contribution in [3.63, 3.8) is 0 Å². The molecule has 4 nitrogen and oxygen atoms in total. The monoisotopic (exact) mass is 266 g/mol. The van der Waals surface area contributed by atoms with Gasteiger partial charge in [0, 0.05) is 38.1 Å². The Balaban J connectivity index is 2.30. The topological polar surface area (TPSA) is 43.4 Å². The second-order valence-corrected chi connectivity index (χ2v) is 4.59. The highest BCUT2D eigenvalue weighted by Gasteiger charge is 2.08. The van der Waals surface area contributed by atoms with Crippen LogP contribution in [0.4, 0.5) is 0 Å². The van der Waals surface area contributed by atoms with Gasteiger partial charge >= 0.3 is 0 Å². The average Bonchev–Trinajstić information content (AvgIpc) is 2.46. The van der Waals surface area contributed by atoms with E-state index in [9.17, 15) is 0 Å². The average molecular weight is 266 g/mol. The number of ether oxygens (including phenoxy) is 2. The predicted molar refractivity (Wildman–Crippen MR) is 77.5 cm³/mol. The first-order valence-corrected chi connectivity index (χ1v) is 6.97. The summed E-state index contributed by atoms with van der Waals surface area (Å²) in [7, 11) is 3.67. The van der Waals surface area contributed by atoms with Gasteiger partial charge in [0.05, 0.1) is 13.2 Å². The van der Waals surface area contributed by atoms with Crippen molar-refractivity contribution in [3.05, 3.63) is 29.6 Å². The fourth-order valence-corrected chi connectivity index (χ4v) is 1.86. The maximum absolute atomic E-state index is 5.50. The number of aryl methyl sites for hydroxylation is 1. The van der Waals surface area contributed by atoms with E-state index in [2.05, 4.69) is 29.4 Å². The molecule has 1 aromatic heterocycles. The third-order valence-electron chi connectivity index (χ3n) is 3.20. The first-order chi connectivity index (χ1) is 9.30. The van der Waals surface area contributed by atoms with Gasteiger partial charge in [0.25, 0.3) is 0 Å². The summed E-state index contributed by atoms with van der Waals surface area (Å²) in [6, 6.07) is 4.68. The van der Waals surface area contributed by atoms with Crippen molar-refractivity contribution < 1.29 is 9.47 Å². The molecule has 0 radical (unpaired) electrons. The van der Waals surface area contributed by atoms with E-state index in [-0.39, 0.29) is 0 Å². The van der Waals surface area contributed by atoms with Crippen LogP contribution >= 0.6 is 0 Å². The Morgan fingerprint density at radius 2 is 2.11 bits per heavy atom. The first-order valence-electron chi connectivity index (χ1n) is 6.97. The molecule has 0 bridgehead atoms. The first kappa shape index (κ1) is 16.1. The SMILES string of the molecule is CCc1ccc(CC(CCOCCOC)NC)nc1. The zero-order valence-electron chi connectivity index (χ0n) is 12.3. The highest BCUT2D eigenvalue weighted by Crippen LogP contribution is 2.06. The molecule has 0 saturated carbocycles. The molecule has 0 aliphatic heterocycles. The number of pyridine rings is 1. The van der Waals surface area contributed by atoms with Gasteiger partial charge in [-0.1, -0.05) is 13.0 Å². The van der Waals surface area contributed by atoms with Crippen LogP contribution in [0.2, 0.25) is 0 Å². The summed E-state index contributed by atoms with van der Waals surface area (Å²) in [4.78, 5) is 4.49. The summed E-state index contributed by atoms with van der Waals surface area (Å²) in [5.74, 6) is 0. The molecule has 4 heteroatoms. The van der Waals surface area contributed by atoms with E-state index in [0.717, 1.165) is 31.6 Å². The minimum Gasteiger partial charge on any atom is -0.382 e. The normalized spacial score (nSPS) is 12.6. The number of aromatic nitrogens is 1. The zero-order valence-corrected chi connectivity index (χ0v) is 12.3. The van der Waals surface area contributed by atoms with E-state index in [0.29, 0.717) is 19.3 Å². The number of nitrogens with one attached hydrogen (secondary N) is 1. The molecule has 1 unspecified atom stereocenters. The minimum absolute atomic E-state index is 0.405. The maximum Gasteiger partial charge on any atom is 0.0700 e. The number of rotatable bonds is 10.